The SMILES string of the molecule is CNCc1coc(C2CCCN2C(C)C)n1. The van der Waals surface area contributed by atoms with Crippen molar-refractivity contribution in [1.82, 2.24) is 15.2 Å². The molecular formula is C12H21N3O. The van der Waals surface area contributed by atoms with Gasteiger partial charge in [0.1, 0.15) is 6.26 Å². The maximum absolute atomic E-state index is 5.59. The maximum atomic E-state index is 5.59. The minimum absolute atomic E-state index is 0.380. The van der Waals surface area contributed by atoms with Crippen LogP contribution >= 0.6 is 0 Å². The molecule has 90 valence electrons. The normalized spacial score (nSPS) is 22.1. The van der Waals surface area contributed by atoms with Gasteiger partial charge in [-0.05, 0) is 40.3 Å². The first-order valence-corrected chi connectivity index (χ1v) is 6.07. The van der Waals surface area contributed by atoms with Gasteiger partial charge < -0.3 is 9.73 Å². The zero-order chi connectivity index (χ0) is 11.5. The van der Waals surface area contributed by atoms with Crippen LogP contribution in [-0.2, 0) is 6.54 Å². The molecule has 4 nitrogen and oxygen atoms in total. The van der Waals surface area contributed by atoms with Gasteiger partial charge in [0.15, 0.2) is 0 Å². The lowest BCUT2D eigenvalue weighted by Gasteiger charge is -2.25. The Morgan fingerprint density at radius 1 is 1.62 bits per heavy atom. The lowest BCUT2D eigenvalue weighted by atomic mass is 10.2. The molecular weight excluding hydrogens is 202 g/mol. The average molecular weight is 223 g/mol. The van der Waals surface area contributed by atoms with Crippen LogP contribution in [0.25, 0.3) is 0 Å². The molecule has 0 aliphatic carbocycles. The number of hydrogen-bond donors (Lipinski definition) is 1. The lowest BCUT2D eigenvalue weighted by Crippen LogP contribution is -2.30. The monoisotopic (exact) mass is 223 g/mol. The van der Waals surface area contributed by atoms with Gasteiger partial charge in [0.2, 0.25) is 5.89 Å². The molecule has 1 N–H and O–H groups in total. The molecule has 1 aromatic rings. The molecule has 1 aliphatic heterocycles. The van der Waals surface area contributed by atoms with Gasteiger partial charge in [-0.3, -0.25) is 4.90 Å². The summed E-state index contributed by atoms with van der Waals surface area (Å²) in [4.78, 5) is 7.01. The third-order valence-corrected chi connectivity index (χ3v) is 3.17. The molecule has 1 atom stereocenters. The maximum Gasteiger partial charge on any atom is 0.211 e. The van der Waals surface area contributed by atoms with Gasteiger partial charge in [-0.15, -0.1) is 0 Å². The highest BCUT2D eigenvalue weighted by Crippen LogP contribution is 2.32. The molecule has 4 heteroatoms. The molecule has 0 spiro atoms. The molecule has 2 heterocycles. The Bertz CT molecular complexity index is 335. The summed E-state index contributed by atoms with van der Waals surface area (Å²) in [5.41, 5.74) is 0.994. The van der Waals surface area contributed by atoms with Gasteiger partial charge >= 0.3 is 0 Å². The van der Waals surface area contributed by atoms with Crippen LogP contribution in [0.2, 0.25) is 0 Å². The second kappa shape index (κ2) is 4.97. The first kappa shape index (κ1) is 11.6. The van der Waals surface area contributed by atoms with Crippen LogP contribution in [0.15, 0.2) is 10.7 Å². The lowest BCUT2D eigenvalue weighted by molar-refractivity contribution is 0.179. The third-order valence-electron chi connectivity index (χ3n) is 3.17. The number of aromatic nitrogens is 1. The molecule has 0 radical (unpaired) electrons. The number of oxazole rings is 1. The van der Waals surface area contributed by atoms with E-state index in [9.17, 15) is 0 Å². The summed E-state index contributed by atoms with van der Waals surface area (Å²) in [7, 11) is 1.92. The van der Waals surface area contributed by atoms with E-state index >= 15 is 0 Å². The zero-order valence-corrected chi connectivity index (χ0v) is 10.4. The van der Waals surface area contributed by atoms with Crippen LogP contribution in [0.1, 0.15) is 44.3 Å². The van der Waals surface area contributed by atoms with Gasteiger partial charge in [0.25, 0.3) is 0 Å². The number of likely N-dealkylation sites (tertiary alicyclic amines) is 1. The van der Waals surface area contributed by atoms with E-state index in [-0.39, 0.29) is 0 Å². The van der Waals surface area contributed by atoms with Gasteiger partial charge in [0.05, 0.1) is 11.7 Å². The predicted octanol–water partition coefficient (Wildman–Crippen LogP) is 1.94. The Kier molecular flexibility index (Phi) is 3.61. The Morgan fingerprint density at radius 2 is 2.44 bits per heavy atom. The third kappa shape index (κ3) is 2.28. The van der Waals surface area contributed by atoms with Crippen LogP contribution in [0.5, 0.6) is 0 Å². The minimum atomic E-state index is 0.380. The first-order chi connectivity index (χ1) is 7.72. The molecule has 0 bridgehead atoms. The molecule has 1 saturated heterocycles. The van der Waals surface area contributed by atoms with Crippen molar-refractivity contribution < 1.29 is 4.42 Å². The Hall–Kier alpha value is -0.870. The summed E-state index contributed by atoms with van der Waals surface area (Å²) in [6.45, 7) is 6.40. The molecule has 1 aromatic heterocycles. The van der Waals surface area contributed by atoms with Crippen LogP contribution in [0, 0.1) is 0 Å². The van der Waals surface area contributed by atoms with Crippen LogP contribution in [0.4, 0.5) is 0 Å². The average Bonchev–Trinajstić information content (AvgIpc) is 2.83. The Labute approximate surface area is 97.0 Å². The van der Waals surface area contributed by atoms with Gasteiger partial charge in [-0.25, -0.2) is 4.98 Å². The van der Waals surface area contributed by atoms with Crippen molar-refractivity contribution in [2.75, 3.05) is 13.6 Å². The summed E-state index contributed by atoms with van der Waals surface area (Å²) in [6, 6.07) is 0.942. The molecule has 2 rings (SSSR count). The summed E-state index contributed by atoms with van der Waals surface area (Å²) >= 11 is 0. The van der Waals surface area contributed by atoms with Crippen molar-refractivity contribution in [3.63, 3.8) is 0 Å². The predicted molar refractivity (Wildman–Crippen MR) is 63.1 cm³/mol. The van der Waals surface area contributed by atoms with Crippen molar-refractivity contribution >= 4 is 0 Å². The summed E-state index contributed by atoms with van der Waals surface area (Å²) in [5.74, 6) is 0.886. The second-order valence-corrected chi connectivity index (χ2v) is 4.70. The van der Waals surface area contributed by atoms with E-state index in [1.165, 1.54) is 6.42 Å². The van der Waals surface area contributed by atoms with Gasteiger partial charge in [-0.1, -0.05) is 0 Å². The number of hydrogen-bond acceptors (Lipinski definition) is 4. The molecule has 1 unspecified atom stereocenters. The summed E-state index contributed by atoms with van der Waals surface area (Å²) in [6.07, 6.45) is 4.17. The molecule has 0 saturated carbocycles. The minimum Gasteiger partial charge on any atom is -0.447 e. The highest BCUT2D eigenvalue weighted by molar-refractivity contribution is 5.02. The highest BCUT2D eigenvalue weighted by Gasteiger charge is 2.31. The van der Waals surface area contributed by atoms with Crippen molar-refractivity contribution in [3.8, 4) is 0 Å². The standard InChI is InChI=1S/C12H21N3O/c1-9(2)15-6-4-5-11(15)12-14-10(7-13-3)8-16-12/h8-9,11,13H,4-7H2,1-3H3. The highest BCUT2D eigenvalue weighted by atomic mass is 16.3. The Morgan fingerprint density at radius 3 is 3.12 bits per heavy atom. The summed E-state index contributed by atoms with van der Waals surface area (Å²) < 4.78 is 5.59. The zero-order valence-electron chi connectivity index (χ0n) is 10.4. The fourth-order valence-electron chi connectivity index (χ4n) is 2.41. The quantitative estimate of drug-likeness (QED) is 0.847. The smallest absolute Gasteiger partial charge is 0.211 e. The van der Waals surface area contributed by atoms with Crippen LogP contribution < -0.4 is 5.32 Å². The Balaban J connectivity index is 2.10. The summed E-state index contributed by atoms with van der Waals surface area (Å²) in [5, 5.41) is 3.09. The van der Waals surface area contributed by atoms with E-state index in [0.717, 1.165) is 31.1 Å². The molecule has 16 heavy (non-hydrogen) atoms. The largest absolute Gasteiger partial charge is 0.447 e. The fourth-order valence-corrected chi connectivity index (χ4v) is 2.41. The molecule has 0 aromatic carbocycles. The van der Waals surface area contributed by atoms with E-state index in [1.54, 1.807) is 6.26 Å². The van der Waals surface area contributed by atoms with Gasteiger partial charge in [-0.2, -0.15) is 0 Å². The van der Waals surface area contributed by atoms with Crippen molar-refractivity contribution in [2.45, 2.75) is 45.3 Å². The van der Waals surface area contributed by atoms with E-state index < -0.39 is 0 Å². The number of nitrogens with one attached hydrogen (secondary N) is 1. The number of nitrogens with zero attached hydrogens (tertiary/aromatic N) is 2. The van der Waals surface area contributed by atoms with Crippen molar-refractivity contribution in [2.24, 2.45) is 0 Å². The van der Waals surface area contributed by atoms with E-state index in [4.69, 9.17) is 4.42 Å². The van der Waals surface area contributed by atoms with E-state index in [2.05, 4.69) is 29.0 Å². The van der Waals surface area contributed by atoms with Gasteiger partial charge in [0, 0.05) is 12.6 Å². The second-order valence-electron chi connectivity index (χ2n) is 4.70. The van der Waals surface area contributed by atoms with E-state index in [1.807, 2.05) is 7.05 Å². The fraction of sp³-hybridized carbons (Fsp3) is 0.750. The van der Waals surface area contributed by atoms with Crippen LogP contribution in [0.3, 0.4) is 0 Å². The first-order valence-electron chi connectivity index (χ1n) is 6.07. The van der Waals surface area contributed by atoms with Crippen molar-refractivity contribution in [3.05, 3.63) is 17.8 Å². The topological polar surface area (TPSA) is 41.3 Å². The number of rotatable bonds is 4. The molecule has 0 amide bonds. The van der Waals surface area contributed by atoms with E-state index in [0.29, 0.717) is 12.1 Å². The van der Waals surface area contributed by atoms with Crippen LogP contribution in [-0.4, -0.2) is 29.5 Å². The molecule has 1 aliphatic rings. The molecule has 1 fully saturated rings. The van der Waals surface area contributed by atoms with Crippen molar-refractivity contribution in [1.29, 1.82) is 0 Å².